The average molecular weight is 679 g/mol. The van der Waals surface area contributed by atoms with Crippen molar-refractivity contribution in [2.75, 3.05) is 40.4 Å². The molecular weight excluding hydrogens is 606 g/mol. The molecule has 46 heavy (non-hydrogen) atoms. The molecule has 0 saturated heterocycles. The second-order valence-electron chi connectivity index (χ2n) is 13.8. The monoisotopic (exact) mass is 678 g/mol. The zero-order chi connectivity index (χ0) is 34.4. The Labute approximate surface area is 283 Å². The Morgan fingerprint density at radius 3 is 1.41 bits per heavy atom. The van der Waals surface area contributed by atoms with E-state index in [1.54, 1.807) is 0 Å². The van der Waals surface area contributed by atoms with E-state index >= 15 is 0 Å². The molecule has 0 amide bonds. The lowest BCUT2D eigenvalue weighted by molar-refractivity contribution is -0.893. The molecule has 0 aliphatic carbocycles. The van der Waals surface area contributed by atoms with Crippen LogP contribution in [0.3, 0.4) is 0 Å². The zero-order valence-electron chi connectivity index (χ0n) is 30.2. The summed E-state index contributed by atoms with van der Waals surface area (Å²) in [4.78, 5) is 25.2. The largest absolute Gasteiger partial charge is 0.461 e. The number of quaternary nitrogens is 1. The molecule has 1 N–H and O–H groups in total. The van der Waals surface area contributed by atoms with Gasteiger partial charge in [-0.25, -0.2) is 4.18 Å². The molecule has 0 aromatic carbocycles. The van der Waals surface area contributed by atoms with Gasteiger partial charge >= 0.3 is 22.3 Å². The van der Waals surface area contributed by atoms with E-state index < -0.39 is 16.5 Å². The van der Waals surface area contributed by atoms with Crippen LogP contribution in [0.15, 0.2) is 0 Å². The topological polar surface area (TPSA) is 116 Å². The standard InChI is InChI=1S/C36H71NO8S/c1-5-7-9-11-13-15-17-19-21-23-25-28-35(38)43-33-34(32-37(3,4)30-27-31-44-46(40,41)42)45-36(39)29-26-24-22-20-18-16-14-12-10-8-6-2/h34H,5-33H2,1-4H3/p+1. The molecule has 0 bridgehead atoms. The molecule has 0 radical (unpaired) electrons. The van der Waals surface area contributed by atoms with Crippen LogP contribution in [-0.4, -0.2) is 75.9 Å². The molecule has 0 aromatic heterocycles. The highest BCUT2D eigenvalue weighted by Crippen LogP contribution is 2.15. The molecule has 0 spiro atoms. The van der Waals surface area contributed by atoms with Gasteiger partial charge in [0.2, 0.25) is 0 Å². The van der Waals surface area contributed by atoms with Gasteiger partial charge in [-0.05, 0) is 12.8 Å². The van der Waals surface area contributed by atoms with Gasteiger partial charge in [-0.1, -0.05) is 142 Å². The lowest BCUT2D eigenvalue weighted by atomic mass is 10.1. The summed E-state index contributed by atoms with van der Waals surface area (Å²) >= 11 is 0. The van der Waals surface area contributed by atoms with E-state index in [1.807, 2.05) is 14.1 Å². The minimum absolute atomic E-state index is 0.00403. The maximum Gasteiger partial charge on any atom is 0.397 e. The molecule has 10 heteroatoms. The number of ether oxygens (including phenoxy) is 2. The Bertz CT molecular complexity index is 834. The van der Waals surface area contributed by atoms with Gasteiger partial charge in [0.1, 0.15) is 13.2 Å². The second kappa shape index (κ2) is 29.9. The van der Waals surface area contributed by atoms with Crippen LogP contribution in [0.1, 0.15) is 174 Å². The molecule has 274 valence electrons. The van der Waals surface area contributed by atoms with E-state index in [2.05, 4.69) is 18.0 Å². The van der Waals surface area contributed by atoms with E-state index in [1.165, 1.54) is 103 Å². The minimum atomic E-state index is -4.48. The predicted molar refractivity (Wildman–Crippen MR) is 187 cm³/mol. The van der Waals surface area contributed by atoms with Crippen LogP contribution in [0.5, 0.6) is 0 Å². The molecule has 0 heterocycles. The molecule has 0 saturated carbocycles. The van der Waals surface area contributed by atoms with Crippen LogP contribution < -0.4 is 0 Å². The van der Waals surface area contributed by atoms with Gasteiger partial charge < -0.3 is 14.0 Å². The Morgan fingerprint density at radius 2 is 1.00 bits per heavy atom. The fourth-order valence-corrected chi connectivity index (χ4v) is 6.12. The maximum atomic E-state index is 12.7. The number of carbonyl (C=O) groups excluding carboxylic acids is 2. The number of hydrogen-bond acceptors (Lipinski definition) is 7. The Balaban J connectivity index is 4.47. The SMILES string of the molecule is CCCCCCCCCCCCCC(=O)OCC(C[N+](C)(C)CCCOS(=O)(=O)O)OC(=O)CCCCCCCCCCCCC. The van der Waals surface area contributed by atoms with E-state index in [0.29, 0.717) is 36.8 Å². The first-order valence-corrected chi connectivity index (χ1v) is 20.1. The quantitative estimate of drug-likeness (QED) is 0.0310. The van der Waals surface area contributed by atoms with Crippen molar-refractivity contribution in [3.8, 4) is 0 Å². The van der Waals surface area contributed by atoms with Gasteiger partial charge in [0.25, 0.3) is 0 Å². The summed E-state index contributed by atoms with van der Waals surface area (Å²) < 4.78 is 46.7. The minimum Gasteiger partial charge on any atom is -0.461 e. The van der Waals surface area contributed by atoms with Gasteiger partial charge in [0, 0.05) is 19.3 Å². The summed E-state index contributed by atoms with van der Waals surface area (Å²) in [5.74, 6) is -0.550. The van der Waals surface area contributed by atoms with Crippen molar-refractivity contribution in [2.45, 2.75) is 180 Å². The number of nitrogens with zero attached hydrogens (tertiary/aromatic N) is 1. The van der Waals surface area contributed by atoms with Crippen LogP contribution in [0, 0.1) is 0 Å². The van der Waals surface area contributed by atoms with Gasteiger partial charge in [0.15, 0.2) is 6.10 Å². The van der Waals surface area contributed by atoms with Gasteiger partial charge in [-0.2, -0.15) is 8.42 Å². The van der Waals surface area contributed by atoms with E-state index in [-0.39, 0.29) is 25.2 Å². The molecule has 0 aliphatic heterocycles. The van der Waals surface area contributed by atoms with Crippen molar-refractivity contribution in [2.24, 2.45) is 0 Å². The highest BCUT2D eigenvalue weighted by molar-refractivity contribution is 7.80. The molecule has 0 aromatic rings. The summed E-state index contributed by atoms with van der Waals surface area (Å²) in [7, 11) is -0.604. The van der Waals surface area contributed by atoms with Crippen molar-refractivity contribution >= 4 is 22.3 Å². The first-order chi connectivity index (χ1) is 22.0. The normalized spacial score (nSPS) is 12.7. The summed E-state index contributed by atoms with van der Waals surface area (Å²) in [6.07, 6.45) is 27.1. The molecule has 0 fully saturated rings. The molecule has 0 aliphatic rings. The van der Waals surface area contributed by atoms with Crippen LogP contribution in [0.2, 0.25) is 0 Å². The predicted octanol–water partition coefficient (Wildman–Crippen LogP) is 9.13. The summed E-state index contributed by atoms with van der Waals surface area (Å²) in [6.45, 7) is 5.27. The number of esters is 2. The fraction of sp³-hybridized carbons (Fsp3) is 0.944. The highest BCUT2D eigenvalue weighted by atomic mass is 32.3. The third kappa shape index (κ3) is 32.7. The zero-order valence-corrected chi connectivity index (χ0v) is 31.1. The van der Waals surface area contributed by atoms with Crippen molar-refractivity contribution in [3.63, 3.8) is 0 Å². The van der Waals surface area contributed by atoms with Crippen molar-refractivity contribution in [1.29, 1.82) is 0 Å². The Morgan fingerprint density at radius 1 is 0.609 bits per heavy atom. The number of likely N-dealkylation sites (N-methyl/N-ethyl adjacent to an activating group) is 1. The second-order valence-corrected chi connectivity index (χ2v) is 14.9. The molecule has 9 nitrogen and oxygen atoms in total. The first-order valence-electron chi connectivity index (χ1n) is 18.8. The highest BCUT2D eigenvalue weighted by Gasteiger charge is 2.27. The average Bonchev–Trinajstić information content (AvgIpc) is 2.99. The van der Waals surface area contributed by atoms with Gasteiger partial charge in [-0.3, -0.25) is 14.1 Å². The van der Waals surface area contributed by atoms with E-state index in [9.17, 15) is 18.0 Å². The summed E-state index contributed by atoms with van der Waals surface area (Å²) in [5.41, 5.74) is 0. The number of carbonyl (C=O) groups is 2. The van der Waals surface area contributed by atoms with Crippen LogP contribution in [0.25, 0.3) is 0 Å². The third-order valence-corrected chi connectivity index (χ3v) is 9.00. The molecule has 1 atom stereocenters. The summed E-state index contributed by atoms with van der Waals surface area (Å²) in [6, 6.07) is 0. The molecule has 1 unspecified atom stereocenters. The lowest BCUT2D eigenvalue weighted by Crippen LogP contribution is -2.49. The van der Waals surface area contributed by atoms with Crippen molar-refractivity contribution in [1.82, 2.24) is 0 Å². The lowest BCUT2D eigenvalue weighted by Gasteiger charge is -2.33. The van der Waals surface area contributed by atoms with Crippen LogP contribution in [0.4, 0.5) is 0 Å². The van der Waals surface area contributed by atoms with E-state index in [0.717, 1.165) is 38.5 Å². The fourth-order valence-electron chi connectivity index (χ4n) is 5.79. The Kier molecular flexibility index (Phi) is 29.1. The maximum absolute atomic E-state index is 12.7. The number of hydrogen-bond donors (Lipinski definition) is 1. The van der Waals surface area contributed by atoms with E-state index in [4.69, 9.17) is 14.0 Å². The number of unbranched alkanes of at least 4 members (excludes halogenated alkanes) is 20. The smallest absolute Gasteiger partial charge is 0.397 e. The van der Waals surface area contributed by atoms with Gasteiger partial charge in [-0.15, -0.1) is 0 Å². The molecular formula is C36H72NO8S+. The Hall–Kier alpha value is -1.23. The molecule has 0 rings (SSSR count). The number of rotatable bonds is 34. The third-order valence-electron chi connectivity index (χ3n) is 8.54. The summed E-state index contributed by atoms with van der Waals surface area (Å²) in [5, 5.41) is 0. The van der Waals surface area contributed by atoms with Crippen LogP contribution in [-0.2, 0) is 33.6 Å². The van der Waals surface area contributed by atoms with Gasteiger partial charge in [0.05, 0.1) is 27.2 Å². The van der Waals surface area contributed by atoms with Crippen molar-refractivity contribution < 1.29 is 40.7 Å². The van der Waals surface area contributed by atoms with Crippen molar-refractivity contribution in [3.05, 3.63) is 0 Å². The van der Waals surface area contributed by atoms with Crippen LogP contribution >= 0.6 is 0 Å². The first kappa shape index (κ1) is 44.8.